The summed E-state index contributed by atoms with van der Waals surface area (Å²) in [6.45, 7) is 4.33. The molecule has 1 aromatic carbocycles. The summed E-state index contributed by atoms with van der Waals surface area (Å²) in [5.74, 6) is -2.34. The molecule has 8 heteroatoms. The van der Waals surface area contributed by atoms with Gasteiger partial charge >= 0.3 is 5.69 Å². The van der Waals surface area contributed by atoms with Gasteiger partial charge in [-0.15, -0.1) is 0 Å². The maximum absolute atomic E-state index is 13.5. The van der Waals surface area contributed by atoms with Gasteiger partial charge in [0.25, 0.3) is 0 Å². The van der Waals surface area contributed by atoms with Gasteiger partial charge in [0.05, 0.1) is 11.0 Å². The fraction of sp³-hybridized carbons (Fsp3) is 0.500. The standard InChI is InChI=1S/C12H15F2N3O3/c13-9-8-12(10(14)7-11(9)17(18)19)20-6-5-16-3-1-15-2-4-16/h7-8,15H,1-6H2. The van der Waals surface area contributed by atoms with Crippen molar-refractivity contribution in [1.82, 2.24) is 10.2 Å². The Labute approximate surface area is 114 Å². The van der Waals surface area contributed by atoms with E-state index in [1.54, 1.807) is 0 Å². The molecular weight excluding hydrogens is 272 g/mol. The van der Waals surface area contributed by atoms with Gasteiger partial charge in [0.2, 0.25) is 5.82 Å². The summed E-state index contributed by atoms with van der Waals surface area (Å²) in [4.78, 5) is 11.6. The van der Waals surface area contributed by atoms with Crippen LogP contribution in [0.25, 0.3) is 0 Å². The largest absolute Gasteiger partial charge is 0.489 e. The lowest BCUT2D eigenvalue weighted by molar-refractivity contribution is -0.387. The minimum Gasteiger partial charge on any atom is -0.489 e. The predicted octanol–water partition coefficient (Wildman–Crippen LogP) is 1.16. The van der Waals surface area contributed by atoms with Crippen molar-refractivity contribution in [3.63, 3.8) is 0 Å². The minimum absolute atomic E-state index is 0.203. The third-order valence-electron chi connectivity index (χ3n) is 3.07. The van der Waals surface area contributed by atoms with E-state index < -0.39 is 22.2 Å². The molecule has 0 aromatic heterocycles. The Hall–Kier alpha value is -1.80. The Bertz CT molecular complexity index is 493. The Morgan fingerprint density at radius 3 is 2.65 bits per heavy atom. The summed E-state index contributed by atoms with van der Waals surface area (Å²) in [5, 5.41) is 13.7. The van der Waals surface area contributed by atoms with Crippen LogP contribution in [-0.4, -0.2) is 49.2 Å². The van der Waals surface area contributed by atoms with E-state index in [2.05, 4.69) is 10.2 Å². The summed E-state index contributed by atoms with van der Waals surface area (Å²) in [6.07, 6.45) is 0. The number of rotatable bonds is 5. The molecule has 0 radical (unpaired) electrons. The molecular formula is C12H15F2N3O3. The fourth-order valence-electron chi connectivity index (χ4n) is 1.99. The van der Waals surface area contributed by atoms with Crippen molar-refractivity contribution in [2.75, 3.05) is 39.3 Å². The fourth-order valence-corrected chi connectivity index (χ4v) is 1.99. The SMILES string of the molecule is O=[N+]([O-])c1cc(F)c(OCCN2CCNCC2)cc1F. The number of ether oxygens (including phenoxy) is 1. The average molecular weight is 287 g/mol. The van der Waals surface area contributed by atoms with Crippen LogP contribution in [0.1, 0.15) is 0 Å². The Balaban J connectivity index is 1.92. The molecule has 0 unspecified atom stereocenters. The van der Waals surface area contributed by atoms with Gasteiger partial charge in [-0.25, -0.2) is 4.39 Å². The zero-order valence-corrected chi connectivity index (χ0v) is 10.8. The molecule has 1 fully saturated rings. The lowest BCUT2D eigenvalue weighted by Gasteiger charge is -2.26. The summed E-state index contributed by atoms with van der Waals surface area (Å²) < 4.78 is 32.0. The molecule has 1 aromatic rings. The topological polar surface area (TPSA) is 67.6 Å². The number of hydrogen-bond donors (Lipinski definition) is 1. The first-order valence-corrected chi connectivity index (χ1v) is 6.27. The minimum atomic E-state index is -1.10. The van der Waals surface area contributed by atoms with Gasteiger partial charge in [-0.1, -0.05) is 0 Å². The molecule has 110 valence electrons. The second-order valence-electron chi connectivity index (χ2n) is 4.43. The van der Waals surface area contributed by atoms with Crippen molar-refractivity contribution < 1.29 is 18.4 Å². The van der Waals surface area contributed by atoms with Gasteiger partial charge in [-0.05, 0) is 0 Å². The molecule has 1 aliphatic heterocycles. The summed E-state index contributed by atoms with van der Waals surface area (Å²) >= 11 is 0. The summed E-state index contributed by atoms with van der Waals surface area (Å²) in [6, 6.07) is 1.25. The van der Waals surface area contributed by atoms with E-state index in [0.29, 0.717) is 18.7 Å². The van der Waals surface area contributed by atoms with Crippen LogP contribution in [0.2, 0.25) is 0 Å². The van der Waals surface area contributed by atoms with Crippen molar-refractivity contribution in [1.29, 1.82) is 0 Å². The maximum atomic E-state index is 13.5. The maximum Gasteiger partial charge on any atom is 0.307 e. The van der Waals surface area contributed by atoms with Crippen LogP contribution in [0.3, 0.4) is 0 Å². The van der Waals surface area contributed by atoms with Crippen molar-refractivity contribution >= 4 is 5.69 Å². The van der Waals surface area contributed by atoms with Crippen molar-refractivity contribution in [2.45, 2.75) is 0 Å². The second kappa shape index (κ2) is 6.58. The van der Waals surface area contributed by atoms with Gasteiger partial charge in [0, 0.05) is 38.8 Å². The number of nitrogens with zero attached hydrogens (tertiary/aromatic N) is 2. The number of nitro groups is 1. The van der Waals surface area contributed by atoms with Gasteiger partial charge < -0.3 is 10.1 Å². The first-order chi connectivity index (χ1) is 9.58. The van der Waals surface area contributed by atoms with Crippen LogP contribution in [0.15, 0.2) is 12.1 Å². The van der Waals surface area contributed by atoms with Gasteiger partial charge in [0.1, 0.15) is 6.61 Å². The molecule has 0 spiro atoms. The summed E-state index contributed by atoms with van der Waals surface area (Å²) in [5.41, 5.74) is -0.892. The van der Waals surface area contributed by atoms with Crippen molar-refractivity contribution in [3.05, 3.63) is 33.9 Å². The molecule has 1 N–H and O–H groups in total. The average Bonchev–Trinajstić information content (AvgIpc) is 2.43. The van der Waals surface area contributed by atoms with E-state index in [4.69, 9.17) is 4.74 Å². The molecule has 1 aliphatic rings. The zero-order valence-electron chi connectivity index (χ0n) is 10.8. The van der Waals surface area contributed by atoms with Gasteiger partial charge in [0.15, 0.2) is 11.6 Å². The zero-order chi connectivity index (χ0) is 14.5. The van der Waals surface area contributed by atoms with Crippen LogP contribution in [0, 0.1) is 21.7 Å². The molecule has 20 heavy (non-hydrogen) atoms. The highest BCUT2D eigenvalue weighted by Crippen LogP contribution is 2.26. The predicted molar refractivity (Wildman–Crippen MR) is 67.8 cm³/mol. The molecule has 0 atom stereocenters. The van der Waals surface area contributed by atoms with Gasteiger partial charge in [-0.2, -0.15) is 4.39 Å². The highest BCUT2D eigenvalue weighted by molar-refractivity contribution is 5.39. The van der Waals surface area contributed by atoms with Crippen LogP contribution in [0.5, 0.6) is 5.75 Å². The number of benzene rings is 1. The molecule has 6 nitrogen and oxygen atoms in total. The van der Waals surface area contributed by atoms with Crippen molar-refractivity contribution in [2.24, 2.45) is 0 Å². The Morgan fingerprint density at radius 2 is 2.00 bits per heavy atom. The molecule has 1 saturated heterocycles. The second-order valence-corrected chi connectivity index (χ2v) is 4.43. The molecule has 0 aliphatic carbocycles. The lowest BCUT2D eigenvalue weighted by Crippen LogP contribution is -2.44. The lowest BCUT2D eigenvalue weighted by atomic mass is 10.3. The molecule has 1 heterocycles. The van der Waals surface area contributed by atoms with Crippen LogP contribution in [-0.2, 0) is 0 Å². The molecule has 0 saturated carbocycles. The van der Waals surface area contributed by atoms with E-state index >= 15 is 0 Å². The van der Waals surface area contributed by atoms with E-state index in [1.807, 2.05) is 0 Å². The smallest absolute Gasteiger partial charge is 0.307 e. The first kappa shape index (κ1) is 14.6. The number of nitro benzene ring substituents is 1. The quantitative estimate of drug-likeness (QED) is 0.650. The monoisotopic (exact) mass is 287 g/mol. The highest BCUT2D eigenvalue weighted by atomic mass is 19.1. The third kappa shape index (κ3) is 3.61. The van der Waals surface area contributed by atoms with Crippen LogP contribution >= 0.6 is 0 Å². The number of nitrogens with one attached hydrogen (secondary N) is 1. The van der Waals surface area contributed by atoms with E-state index in [-0.39, 0.29) is 12.4 Å². The van der Waals surface area contributed by atoms with Crippen molar-refractivity contribution in [3.8, 4) is 5.75 Å². The number of hydrogen-bond acceptors (Lipinski definition) is 5. The molecule has 0 bridgehead atoms. The molecule has 0 amide bonds. The first-order valence-electron chi connectivity index (χ1n) is 6.27. The highest BCUT2D eigenvalue weighted by Gasteiger charge is 2.19. The normalized spacial score (nSPS) is 16.1. The number of halogens is 2. The van der Waals surface area contributed by atoms with Crippen LogP contribution in [0.4, 0.5) is 14.5 Å². The van der Waals surface area contributed by atoms with E-state index in [9.17, 15) is 18.9 Å². The van der Waals surface area contributed by atoms with Gasteiger partial charge in [-0.3, -0.25) is 15.0 Å². The Kier molecular flexibility index (Phi) is 4.80. The van der Waals surface area contributed by atoms with E-state index in [1.165, 1.54) is 0 Å². The Morgan fingerprint density at radius 1 is 1.30 bits per heavy atom. The summed E-state index contributed by atoms with van der Waals surface area (Å²) in [7, 11) is 0. The third-order valence-corrected chi connectivity index (χ3v) is 3.07. The van der Waals surface area contributed by atoms with Crippen LogP contribution < -0.4 is 10.1 Å². The van der Waals surface area contributed by atoms with E-state index in [0.717, 1.165) is 26.2 Å². The number of piperazine rings is 1. The molecule has 2 rings (SSSR count).